The van der Waals surface area contributed by atoms with E-state index in [2.05, 4.69) is 24.8 Å². The minimum Gasteiger partial charge on any atom is -0.456 e. The lowest BCUT2D eigenvalue weighted by Gasteiger charge is -2.25. The average molecular weight is 485 g/mol. The van der Waals surface area contributed by atoms with Crippen molar-refractivity contribution in [2.24, 2.45) is 5.92 Å². The van der Waals surface area contributed by atoms with Crippen LogP contribution in [0.1, 0.15) is 64.2 Å². The van der Waals surface area contributed by atoms with Gasteiger partial charge in [-0.25, -0.2) is 4.79 Å². The van der Waals surface area contributed by atoms with Crippen molar-refractivity contribution < 1.29 is 29.2 Å². The Hall–Kier alpha value is -1.99. The third-order valence-electron chi connectivity index (χ3n) is 7.30. The van der Waals surface area contributed by atoms with Crippen LogP contribution < -0.4 is 0 Å². The SMILES string of the molecule is C=C1CCC[C@@H]2CC=C[C@@H](C/C=C\C(=O)O[C@H]([C@@H](O)/C=C/C3CC=CCC3)C[C@@H]3O[C@H]3[C@@H](O)C1)O2. The van der Waals surface area contributed by atoms with E-state index in [1.54, 1.807) is 12.2 Å². The summed E-state index contributed by atoms with van der Waals surface area (Å²) >= 11 is 0. The monoisotopic (exact) mass is 484 g/mol. The van der Waals surface area contributed by atoms with Crippen molar-refractivity contribution in [2.75, 3.05) is 0 Å². The number of aliphatic hydroxyl groups is 2. The molecule has 1 saturated heterocycles. The van der Waals surface area contributed by atoms with Crippen molar-refractivity contribution in [3.05, 3.63) is 60.8 Å². The van der Waals surface area contributed by atoms with Gasteiger partial charge in [0.05, 0.1) is 24.4 Å². The summed E-state index contributed by atoms with van der Waals surface area (Å²) in [5, 5.41) is 21.5. The maximum Gasteiger partial charge on any atom is 0.330 e. The Morgan fingerprint density at radius 1 is 1.09 bits per heavy atom. The standard InChI is InChI=1S/C29H40O6/c1-20-8-5-11-22-12-6-13-23(33-22)14-7-15-28(32)34-26(19-27-29(35-27)25(31)18-20)24(30)17-16-21-9-3-2-4-10-21/h2-3,6-7,13,15-17,21-27,29-31H,1,4-5,8-12,14,18-19H2/b15-7-,17-16+/t21?,22-,23+,24+,25+,26+,27+,29+/m1/s1. The molecule has 0 amide bonds. The maximum atomic E-state index is 12.6. The molecule has 6 heteroatoms. The van der Waals surface area contributed by atoms with Gasteiger partial charge in [-0.3, -0.25) is 0 Å². The Labute approximate surface area is 209 Å². The summed E-state index contributed by atoms with van der Waals surface area (Å²) in [6.45, 7) is 4.15. The van der Waals surface area contributed by atoms with Gasteiger partial charge < -0.3 is 24.4 Å². The number of carbonyl (C=O) groups is 1. The summed E-state index contributed by atoms with van der Waals surface area (Å²) in [6, 6.07) is 0. The van der Waals surface area contributed by atoms with E-state index in [1.165, 1.54) is 6.08 Å². The summed E-state index contributed by atoms with van der Waals surface area (Å²) in [6.07, 6.45) is 20.8. The molecule has 1 unspecified atom stereocenters. The minimum atomic E-state index is -0.939. The molecule has 4 aliphatic rings. The molecule has 8 atom stereocenters. The second kappa shape index (κ2) is 12.8. The Balaban J connectivity index is 1.42. The molecule has 0 aromatic heterocycles. The van der Waals surface area contributed by atoms with Crippen LogP contribution in [0.25, 0.3) is 0 Å². The van der Waals surface area contributed by atoms with Crippen LogP contribution in [0.3, 0.4) is 0 Å². The average Bonchev–Trinajstić information content (AvgIpc) is 3.62. The molecule has 0 spiro atoms. The molecule has 0 aromatic rings. The molecule has 6 nitrogen and oxygen atoms in total. The molecule has 3 heterocycles. The van der Waals surface area contributed by atoms with Crippen molar-refractivity contribution in [1.82, 2.24) is 0 Å². The van der Waals surface area contributed by atoms with Crippen LogP contribution in [-0.4, -0.2) is 58.9 Å². The van der Waals surface area contributed by atoms with Crippen molar-refractivity contribution in [3.63, 3.8) is 0 Å². The minimum absolute atomic E-state index is 0.0591. The number of epoxide rings is 1. The molecular weight excluding hydrogens is 444 g/mol. The quantitative estimate of drug-likeness (QED) is 0.349. The zero-order valence-electron chi connectivity index (χ0n) is 20.5. The summed E-state index contributed by atoms with van der Waals surface area (Å²) in [5.41, 5.74) is 1.01. The normalized spacial score (nSPS) is 38.7. The van der Waals surface area contributed by atoms with Gasteiger partial charge >= 0.3 is 5.97 Å². The molecule has 0 saturated carbocycles. The molecule has 2 bridgehead atoms. The van der Waals surface area contributed by atoms with Gasteiger partial charge in [-0.15, -0.1) is 0 Å². The first-order valence-electron chi connectivity index (χ1n) is 13.2. The predicted molar refractivity (Wildman–Crippen MR) is 135 cm³/mol. The highest BCUT2D eigenvalue weighted by atomic mass is 16.6. The first-order chi connectivity index (χ1) is 17.0. The fourth-order valence-electron chi connectivity index (χ4n) is 5.19. The Bertz CT molecular complexity index is 842. The highest BCUT2D eigenvalue weighted by Crippen LogP contribution is 2.34. The fraction of sp³-hybridized carbons (Fsp3) is 0.621. The number of esters is 1. The Morgan fingerprint density at radius 2 is 1.97 bits per heavy atom. The van der Waals surface area contributed by atoms with E-state index in [4.69, 9.17) is 14.2 Å². The second-order valence-corrected chi connectivity index (χ2v) is 10.3. The Morgan fingerprint density at radius 3 is 2.80 bits per heavy atom. The molecule has 0 aromatic carbocycles. The summed E-state index contributed by atoms with van der Waals surface area (Å²) < 4.78 is 17.6. The number of carbonyl (C=O) groups excluding carboxylic acids is 1. The van der Waals surface area contributed by atoms with E-state index in [0.717, 1.165) is 50.5 Å². The van der Waals surface area contributed by atoms with E-state index >= 15 is 0 Å². The van der Waals surface area contributed by atoms with Crippen LogP contribution in [0.5, 0.6) is 0 Å². The number of allylic oxidation sites excluding steroid dienone is 3. The topological polar surface area (TPSA) is 88.5 Å². The van der Waals surface area contributed by atoms with Crippen LogP contribution >= 0.6 is 0 Å². The lowest BCUT2D eigenvalue weighted by Crippen LogP contribution is -2.32. The number of ether oxygens (including phenoxy) is 3. The fourth-order valence-corrected chi connectivity index (χ4v) is 5.19. The summed E-state index contributed by atoms with van der Waals surface area (Å²) in [7, 11) is 0. The second-order valence-electron chi connectivity index (χ2n) is 10.3. The first-order valence-corrected chi connectivity index (χ1v) is 13.2. The Kier molecular flexibility index (Phi) is 9.55. The van der Waals surface area contributed by atoms with E-state index in [9.17, 15) is 15.0 Å². The number of rotatable bonds is 3. The van der Waals surface area contributed by atoms with Gasteiger partial charge in [0.2, 0.25) is 0 Å². The molecule has 1 fully saturated rings. The van der Waals surface area contributed by atoms with Gasteiger partial charge in [0.25, 0.3) is 0 Å². The number of hydrogen-bond donors (Lipinski definition) is 2. The van der Waals surface area contributed by atoms with Gasteiger partial charge in [-0.2, -0.15) is 0 Å². The molecule has 3 aliphatic heterocycles. The van der Waals surface area contributed by atoms with Gasteiger partial charge in [-0.05, 0) is 63.7 Å². The first kappa shape index (κ1) is 26.1. The van der Waals surface area contributed by atoms with E-state index < -0.39 is 24.3 Å². The maximum absolute atomic E-state index is 12.6. The number of hydrogen-bond acceptors (Lipinski definition) is 6. The van der Waals surface area contributed by atoms with E-state index in [1.807, 2.05) is 12.2 Å². The lowest BCUT2D eigenvalue weighted by molar-refractivity contribution is -0.148. The number of cyclic esters (lactones) is 1. The molecule has 2 N–H and O–H groups in total. The zero-order chi connectivity index (χ0) is 24.6. The van der Waals surface area contributed by atoms with Crippen LogP contribution in [0.15, 0.2) is 60.8 Å². The van der Waals surface area contributed by atoms with Gasteiger partial charge in [0, 0.05) is 12.5 Å². The highest BCUT2D eigenvalue weighted by molar-refractivity contribution is 5.82. The van der Waals surface area contributed by atoms with E-state index in [0.29, 0.717) is 25.2 Å². The lowest BCUT2D eigenvalue weighted by atomic mass is 9.93. The van der Waals surface area contributed by atoms with Crippen molar-refractivity contribution >= 4 is 5.97 Å². The summed E-state index contributed by atoms with van der Waals surface area (Å²) in [5.74, 6) is -0.110. The van der Waals surface area contributed by atoms with Gasteiger partial charge in [0.15, 0.2) is 0 Å². The zero-order valence-corrected chi connectivity index (χ0v) is 20.5. The van der Waals surface area contributed by atoms with Gasteiger partial charge in [0.1, 0.15) is 18.3 Å². The molecule has 4 rings (SSSR count). The van der Waals surface area contributed by atoms with Crippen LogP contribution in [0.2, 0.25) is 0 Å². The van der Waals surface area contributed by atoms with Crippen LogP contribution in [0.4, 0.5) is 0 Å². The number of aliphatic hydroxyl groups excluding tert-OH is 2. The molecule has 192 valence electrons. The number of fused-ring (bicyclic) bond motifs is 3. The highest BCUT2D eigenvalue weighted by Gasteiger charge is 2.46. The third-order valence-corrected chi connectivity index (χ3v) is 7.30. The van der Waals surface area contributed by atoms with Crippen LogP contribution in [-0.2, 0) is 19.0 Å². The molecular formula is C29H40O6. The molecule has 1 aliphatic carbocycles. The van der Waals surface area contributed by atoms with Gasteiger partial charge in [-0.1, -0.05) is 54.7 Å². The third kappa shape index (κ3) is 8.28. The van der Waals surface area contributed by atoms with Crippen molar-refractivity contribution in [3.8, 4) is 0 Å². The van der Waals surface area contributed by atoms with Crippen molar-refractivity contribution in [2.45, 2.75) is 107 Å². The predicted octanol–water partition coefficient (Wildman–Crippen LogP) is 4.48. The summed E-state index contributed by atoms with van der Waals surface area (Å²) in [4.78, 5) is 12.6. The smallest absolute Gasteiger partial charge is 0.330 e. The largest absolute Gasteiger partial charge is 0.456 e. The molecule has 35 heavy (non-hydrogen) atoms. The molecule has 0 radical (unpaired) electrons. The van der Waals surface area contributed by atoms with Crippen molar-refractivity contribution in [1.29, 1.82) is 0 Å². The van der Waals surface area contributed by atoms with Crippen LogP contribution in [0, 0.1) is 5.92 Å². The van der Waals surface area contributed by atoms with E-state index in [-0.39, 0.29) is 24.4 Å².